The van der Waals surface area contributed by atoms with E-state index in [4.69, 9.17) is 0 Å². The maximum absolute atomic E-state index is 3.62. The molecule has 2 aromatic rings. The van der Waals surface area contributed by atoms with E-state index in [1.165, 1.54) is 6.33 Å². The summed E-state index contributed by atoms with van der Waals surface area (Å²) in [6.07, 6.45) is 1.40. The zero-order valence-corrected chi connectivity index (χ0v) is 6.71. The smallest absolute Gasteiger partial charge is 0.147 e. The summed E-state index contributed by atoms with van der Waals surface area (Å²) in [5.41, 5.74) is 0. The molecule has 0 fully saturated rings. The Labute approximate surface area is 68.0 Å². The van der Waals surface area contributed by atoms with Crippen molar-refractivity contribution in [2.75, 3.05) is 0 Å². The van der Waals surface area contributed by atoms with E-state index in [1.54, 1.807) is 11.7 Å². The van der Waals surface area contributed by atoms with E-state index in [9.17, 15) is 0 Å². The lowest BCUT2D eigenvalue weighted by molar-refractivity contribution is 0.695. The minimum absolute atomic E-state index is 0.833. The highest BCUT2D eigenvalue weighted by Crippen LogP contribution is 1.78. The number of rotatable bonds is 0. The Morgan fingerprint density at radius 3 is 2.42 bits per heavy atom. The van der Waals surface area contributed by atoms with Gasteiger partial charge in [-0.3, -0.25) is 0 Å². The maximum atomic E-state index is 3.62. The van der Waals surface area contributed by atoms with Gasteiger partial charge in [0.2, 0.25) is 0 Å². The number of hydrogen-bond donors (Lipinski definition) is 1. The van der Waals surface area contributed by atoms with Crippen LogP contribution >= 0.6 is 0 Å². The first-order chi connectivity index (χ1) is 5.80. The molecule has 0 aliphatic heterocycles. The quantitative estimate of drug-likeness (QED) is 0.526. The molecule has 0 atom stereocenters. The van der Waals surface area contributed by atoms with Crippen LogP contribution in [0.2, 0.25) is 0 Å². The predicted molar refractivity (Wildman–Crippen MR) is 37.7 cm³/mol. The molecule has 8 nitrogen and oxygen atoms in total. The summed E-state index contributed by atoms with van der Waals surface area (Å²) in [5.74, 6) is 0.833. The molecule has 2 heterocycles. The molecule has 0 radical (unpaired) electrons. The lowest BCUT2D eigenvalue weighted by Crippen LogP contribution is -1.92. The molecule has 8 heteroatoms. The molecule has 2 rings (SSSR count). The fourth-order valence-electron chi connectivity index (χ4n) is 0.403. The maximum Gasteiger partial charge on any atom is 0.147 e. The molecule has 0 bridgehead atoms. The average molecular weight is 168 g/mol. The largest absolute Gasteiger partial charge is 0.246 e. The minimum Gasteiger partial charge on any atom is -0.246 e. The minimum atomic E-state index is 0.833. The number of nitrogens with one attached hydrogen (secondary N) is 1. The molecule has 0 amide bonds. The first kappa shape index (κ1) is 8.24. The third-order valence-corrected chi connectivity index (χ3v) is 1.10. The Bertz CT molecular complexity index is 263. The van der Waals surface area contributed by atoms with Crippen LogP contribution in [0.4, 0.5) is 0 Å². The zero-order valence-electron chi connectivity index (χ0n) is 6.71. The van der Waals surface area contributed by atoms with Crippen molar-refractivity contribution in [2.24, 2.45) is 7.05 Å². The topological polar surface area (TPSA) is 98.1 Å². The average Bonchev–Trinajstić information content (AvgIpc) is 2.67. The van der Waals surface area contributed by atoms with Crippen LogP contribution in [0.5, 0.6) is 0 Å². The van der Waals surface area contributed by atoms with Gasteiger partial charge in [-0.2, -0.15) is 0 Å². The SMILES string of the molecule is Cc1nnnn1C.c1nnn[nH]1. The number of aromatic nitrogens is 8. The molecule has 64 valence electrons. The van der Waals surface area contributed by atoms with Crippen LogP contribution in [0.3, 0.4) is 0 Å². The van der Waals surface area contributed by atoms with Gasteiger partial charge in [0.05, 0.1) is 0 Å². The van der Waals surface area contributed by atoms with Crippen LogP contribution in [0.1, 0.15) is 5.82 Å². The molecular formula is C4H8N8. The van der Waals surface area contributed by atoms with E-state index in [1.807, 2.05) is 6.92 Å². The van der Waals surface area contributed by atoms with Crippen molar-refractivity contribution in [1.29, 1.82) is 0 Å². The summed E-state index contributed by atoms with van der Waals surface area (Å²) in [6, 6.07) is 0. The Balaban J connectivity index is 0.000000127. The van der Waals surface area contributed by atoms with Crippen molar-refractivity contribution in [1.82, 2.24) is 40.8 Å². The summed E-state index contributed by atoms with van der Waals surface area (Å²) in [4.78, 5) is 0. The lowest BCUT2D eigenvalue weighted by atomic mass is 10.7. The zero-order chi connectivity index (χ0) is 8.81. The van der Waals surface area contributed by atoms with E-state index in [0.29, 0.717) is 0 Å². The lowest BCUT2D eigenvalue weighted by Gasteiger charge is -1.81. The number of H-pyrrole nitrogens is 1. The van der Waals surface area contributed by atoms with Gasteiger partial charge in [0.25, 0.3) is 0 Å². The van der Waals surface area contributed by atoms with Gasteiger partial charge >= 0.3 is 0 Å². The van der Waals surface area contributed by atoms with Crippen molar-refractivity contribution >= 4 is 0 Å². The molecule has 0 aromatic carbocycles. The number of aromatic amines is 1. The third kappa shape index (κ3) is 2.40. The van der Waals surface area contributed by atoms with Crippen LogP contribution in [0, 0.1) is 6.92 Å². The molecule has 0 saturated heterocycles. The predicted octanol–water partition coefficient (Wildman–Crippen LogP) is -1.28. The van der Waals surface area contributed by atoms with Crippen molar-refractivity contribution in [2.45, 2.75) is 6.92 Å². The van der Waals surface area contributed by atoms with Gasteiger partial charge in [-0.1, -0.05) is 0 Å². The molecule has 0 aliphatic carbocycles. The van der Waals surface area contributed by atoms with Crippen LogP contribution < -0.4 is 0 Å². The van der Waals surface area contributed by atoms with Crippen LogP contribution in [0.15, 0.2) is 6.33 Å². The van der Waals surface area contributed by atoms with E-state index >= 15 is 0 Å². The van der Waals surface area contributed by atoms with Gasteiger partial charge in [-0.25, -0.2) is 9.78 Å². The van der Waals surface area contributed by atoms with E-state index in [-0.39, 0.29) is 0 Å². The molecule has 2 aromatic heterocycles. The van der Waals surface area contributed by atoms with Crippen molar-refractivity contribution in [3.63, 3.8) is 0 Å². The van der Waals surface area contributed by atoms with Gasteiger partial charge in [0.1, 0.15) is 12.2 Å². The number of hydrogen-bond acceptors (Lipinski definition) is 6. The number of tetrazole rings is 2. The van der Waals surface area contributed by atoms with Gasteiger partial charge in [-0.05, 0) is 27.8 Å². The Kier molecular flexibility index (Phi) is 2.82. The van der Waals surface area contributed by atoms with Gasteiger partial charge in [0.15, 0.2) is 0 Å². The Morgan fingerprint density at radius 2 is 2.25 bits per heavy atom. The Morgan fingerprint density at radius 1 is 1.42 bits per heavy atom. The van der Waals surface area contributed by atoms with Crippen LogP contribution in [-0.2, 0) is 7.05 Å². The van der Waals surface area contributed by atoms with Crippen molar-refractivity contribution < 1.29 is 0 Å². The summed E-state index contributed by atoms with van der Waals surface area (Å²) in [5, 5.41) is 22.7. The summed E-state index contributed by atoms with van der Waals surface area (Å²) in [6.45, 7) is 1.85. The highest BCUT2D eigenvalue weighted by atomic mass is 15.5. The molecule has 0 spiro atoms. The normalized spacial score (nSPS) is 8.83. The van der Waals surface area contributed by atoms with E-state index in [2.05, 4.69) is 36.1 Å². The standard InChI is InChI=1S/C3H6N4.CH2N4/c1-3-4-5-6-7(3)2;1-2-4-5-3-1/h1-2H3;1H,(H,2,3,4,5). The monoisotopic (exact) mass is 168 g/mol. The molecular weight excluding hydrogens is 160 g/mol. The second-order valence-electron chi connectivity index (χ2n) is 1.91. The first-order valence-corrected chi connectivity index (χ1v) is 3.16. The van der Waals surface area contributed by atoms with Gasteiger partial charge < -0.3 is 0 Å². The molecule has 0 aliphatic rings. The van der Waals surface area contributed by atoms with E-state index in [0.717, 1.165) is 5.82 Å². The molecule has 0 saturated carbocycles. The highest BCUT2D eigenvalue weighted by Gasteiger charge is 1.87. The first-order valence-electron chi connectivity index (χ1n) is 3.16. The van der Waals surface area contributed by atoms with Crippen LogP contribution in [-0.4, -0.2) is 40.8 Å². The molecule has 12 heavy (non-hydrogen) atoms. The van der Waals surface area contributed by atoms with Gasteiger partial charge in [0, 0.05) is 7.05 Å². The molecule has 0 unspecified atom stereocenters. The highest BCUT2D eigenvalue weighted by molar-refractivity contribution is 4.69. The fourth-order valence-corrected chi connectivity index (χ4v) is 0.403. The summed E-state index contributed by atoms with van der Waals surface area (Å²) >= 11 is 0. The number of nitrogens with zero attached hydrogens (tertiary/aromatic N) is 7. The molecule has 1 N–H and O–H groups in total. The van der Waals surface area contributed by atoms with Crippen LogP contribution in [0.25, 0.3) is 0 Å². The summed E-state index contributed by atoms with van der Waals surface area (Å²) < 4.78 is 1.61. The van der Waals surface area contributed by atoms with E-state index < -0.39 is 0 Å². The summed E-state index contributed by atoms with van der Waals surface area (Å²) in [7, 11) is 1.80. The third-order valence-electron chi connectivity index (χ3n) is 1.10. The Hall–Kier alpha value is -1.86. The fraction of sp³-hybridized carbons (Fsp3) is 0.500. The second-order valence-corrected chi connectivity index (χ2v) is 1.91. The van der Waals surface area contributed by atoms with Crippen molar-refractivity contribution in [3.05, 3.63) is 12.2 Å². The second kappa shape index (κ2) is 4.11. The van der Waals surface area contributed by atoms with Crippen molar-refractivity contribution in [3.8, 4) is 0 Å². The van der Waals surface area contributed by atoms with Gasteiger partial charge in [-0.15, -0.1) is 10.2 Å². The number of aryl methyl sites for hydroxylation is 2.